The lowest BCUT2D eigenvalue weighted by Gasteiger charge is -2.33. The topological polar surface area (TPSA) is 52.3 Å². The number of hydrogen-bond acceptors (Lipinski definition) is 3. The Hall–Kier alpha value is -0.780. The SMILES string of the molecule is COC(=O)C(C)(C)C(N)(F)C(F)F. The molecule has 0 saturated heterocycles. The van der Waals surface area contributed by atoms with Gasteiger partial charge in [-0.3, -0.25) is 10.5 Å². The van der Waals surface area contributed by atoms with E-state index in [1.54, 1.807) is 0 Å². The number of rotatable bonds is 3. The zero-order valence-corrected chi connectivity index (χ0v) is 7.61. The Morgan fingerprint density at radius 3 is 2.08 bits per heavy atom. The largest absolute Gasteiger partial charge is 0.468 e. The van der Waals surface area contributed by atoms with Crippen molar-refractivity contribution in [3.8, 4) is 0 Å². The van der Waals surface area contributed by atoms with Crippen LogP contribution in [-0.2, 0) is 9.53 Å². The van der Waals surface area contributed by atoms with Gasteiger partial charge in [-0.25, -0.2) is 13.2 Å². The average Bonchev–Trinajstić information content (AvgIpc) is 2.02. The summed E-state index contributed by atoms with van der Waals surface area (Å²) in [4.78, 5) is 10.9. The van der Waals surface area contributed by atoms with Crippen LogP contribution in [0.25, 0.3) is 0 Å². The van der Waals surface area contributed by atoms with E-state index in [4.69, 9.17) is 5.73 Å². The summed E-state index contributed by atoms with van der Waals surface area (Å²) in [5, 5.41) is 0. The molecule has 0 aromatic heterocycles. The van der Waals surface area contributed by atoms with Gasteiger partial charge in [0.05, 0.1) is 7.11 Å². The minimum absolute atomic E-state index is 0.963. The van der Waals surface area contributed by atoms with Gasteiger partial charge in [0, 0.05) is 0 Å². The molecule has 3 nitrogen and oxygen atoms in total. The smallest absolute Gasteiger partial charge is 0.316 e. The third-order valence-corrected chi connectivity index (χ3v) is 1.97. The normalized spacial score (nSPS) is 16.9. The zero-order valence-electron chi connectivity index (χ0n) is 7.61. The number of hydrogen-bond donors (Lipinski definition) is 1. The highest BCUT2D eigenvalue weighted by Crippen LogP contribution is 2.36. The fourth-order valence-corrected chi connectivity index (χ4v) is 0.684. The van der Waals surface area contributed by atoms with Crippen LogP contribution in [0.2, 0.25) is 0 Å². The second kappa shape index (κ2) is 3.53. The Labute approximate surface area is 74.0 Å². The number of carbonyl (C=O) groups is 1. The minimum Gasteiger partial charge on any atom is -0.468 e. The van der Waals surface area contributed by atoms with Gasteiger partial charge in [0.2, 0.25) is 5.79 Å². The molecule has 0 amide bonds. The molecule has 0 aliphatic heterocycles. The molecule has 0 saturated carbocycles. The van der Waals surface area contributed by atoms with Crippen LogP contribution in [0.4, 0.5) is 13.2 Å². The number of nitrogens with two attached hydrogens (primary N) is 1. The summed E-state index contributed by atoms with van der Waals surface area (Å²) in [6.07, 6.45) is -3.44. The molecule has 6 heteroatoms. The van der Waals surface area contributed by atoms with Gasteiger partial charge < -0.3 is 4.74 Å². The molecular formula is C7H12F3NO2. The summed E-state index contributed by atoms with van der Waals surface area (Å²) in [5.74, 6) is -4.50. The molecule has 0 rings (SSSR count). The number of methoxy groups -OCH3 is 1. The van der Waals surface area contributed by atoms with Gasteiger partial charge in [-0.1, -0.05) is 0 Å². The van der Waals surface area contributed by atoms with Crippen LogP contribution < -0.4 is 5.73 Å². The van der Waals surface area contributed by atoms with Gasteiger partial charge in [-0.15, -0.1) is 0 Å². The molecule has 0 heterocycles. The Balaban J connectivity index is 4.91. The fraction of sp³-hybridized carbons (Fsp3) is 0.857. The minimum atomic E-state index is -3.44. The molecule has 0 bridgehead atoms. The Morgan fingerprint density at radius 2 is 1.85 bits per heavy atom. The lowest BCUT2D eigenvalue weighted by atomic mass is 9.83. The Kier molecular flexibility index (Phi) is 3.32. The Morgan fingerprint density at radius 1 is 1.46 bits per heavy atom. The van der Waals surface area contributed by atoms with Crippen molar-refractivity contribution in [1.82, 2.24) is 0 Å². The fourth-order valence-electron chi connectivity index (χ4n) is 0.684. The molecule has 0 fully saturated rings. The maximum atomic E-state index is 13.2. The second-order valence-electron chi connectivity index (χ2n) is 3.19. The van der Waals surface area contributed by atoms with Crippen molar-refractivity contribution >= 4 is 5.97 Å². The number of esters is 1. The van der Waals surface area contributed by atoms with Gasteiger partial charge >= 0.3 is 5.97 Å². The molecular weight excluding hydrogens is 187 g/mol. The third-order valence-electron chi connectivity index (χ3n) is 1.97. The van der Waals surface area contributed by atoms with E-state index in [9.17, 15) is 18.0 Å². The van der Waals surface area contributed by atoms with Crippen LogP contribution >= 0.6 is 0 Å². The van der Waals surface area contributed by atoms with E-state index in [0.29, 0.717) is 0 Å². The molecule has 13 heavy (non-hydrogen) atoms. The number of halogens is 3. The van der Waals surface area contributed by atoms with Crippen LogP contribution in [0.3, 0.4) is 0 Å². The highest BCUT2D eigenvalue weighted by molar-refractivity contribution is 5.77. The van der Waals surface area contributed by atoms with E-state index in [0.717, 1.165) is 21.0 Å². The molecule has 1 atom stereocenters. The van der Waals surface area contributed by atoms with E-state index in [2.05, 4.69) is 4.74 Å². The van der Waals surface area contributed by atoms with Crippen LogP contribution in [0, 0.1) is 5.41 Å². The first kappa shape index (κ1) is 12.2. The first-order valence-corrected chi connectivity index (χ1v) is 3.52. The molecule has 78 valence electrons. The van der Waals surface area contributed by atoms with Gasteiger partial charge in [0.25, 0.3) is 6.43 Å². The molecule has 2 N–H and O–H groups in total. The maximum absolute atomic E-state index is 13.2. The quantitative estimate of drug-likeness (QED) is 0.546. The second-order valence-corrected chi connectivity index (χ2v) is 3.19. The van der Waals surface area contributed by atoms with Crippen LogP contribution in [-0.4, -0.2) is 25.3 Å². The van der Waals surface area contributed by atoms with E-state index in [1.807, 2.05) is 0 Å². The lowest BCUT2D eigenvalue weighted by Crippen LogP contribution is -2.58. The summed E-state index contributed by atoms with van der Waals surface area (Å²) in [6.45, 7) is 1.93. The van der Waals surface area contributed by atoms with Crippen molar-refractivity contribution < 1.29 is 22.7 Å². The number of carbonyl (C=O) groups excluding carboxylic acids is 1. The van der Waals surface area contributed by atoms with E-state index in [1.165, 1.54) is 0 Å². The molecule has 0 aromatic rings. The van der Waals surface area contributed by atoms with Gasteiger partial charge in [0.1, 0.15) is 5.41 Å². The first-order chi connectivity index (χ1) is 5.67. The summed E-state index contributed by atoms with van der Waals surface area (Å²) >= 11 is 0. The van der Waals surface area contributed by atoms with E-state index >= 15 is 0 Å². The molecule has 0 radical (unpaired) electrons. The lowest BCUT2D eigenvalue weighted by molar-refractivity contribution is -0.173. The van der Waals surface area contributed by atoms with E-state index in [-0.39, 0.29) is 0 Å². The maximum Gasteiger partial charge on any atom is 0.316 e. The van der Waals surface area contributed by atoms with Crippen LogP contribution in [0.15, 0.2) is 0 Å². The van der Waals surface area contributed by atoms with Crippen molar-refractivity contribution in [1.29, 1.82) is 0 Å². The molecule has 1 unspecified atom stereocenters. The highest BCUT2D eigenvalue weighted by atomic mass is 19.3. The molecule has 0 spiro atoms. The highest BCUT2D eigenvalue weighted by Gasteiger charge is 2.55. The van der Waals surface area contributed by atoms with Gasteiger partial charge in [-0.05, 0) is 13.8 Å². The van der Waals surface area contributed by atoms with Gasteiger partial charge in [-0.2, -0.15) is 0 Å². The Bertz CT molecular complexity index is 204. The number of ether oxygens (including phenoxy) is 1. The standard InChI is InChI=1S/C7H12F3NO2/c1-6(2,5(12)13-3)7(10,11)4(8)9/h4H,11H2,1-3H3. The van der Waals surface area contributed by atoms with Crippen molar-refractivity contribution in [2.24, 2.45) is 11.1 Å². The van der Waals surface area contributed by atoms with Crippen LogP contribution in [0.5, 0.6) is 0 Å². The predicted octanol–water partition coefficient (Wildman–Crippen LogP) is 1.08. The first-order valence-electron chi connectivity index (χ1n) is 3.52. The summed E-state index contributed by atoms with van der Waals surface area (Å²) in [5.41, 5.74) is 2.62. The molecule has 0 aromatic carbocycles. The van der Waals surface area contributed by atoms with Gasteiger partial charge in [0.15, 0.2) is 0 Å². The zero-order chi connectivity index (χ0) is 10.9. The summed E-state index contributed by atoms with van der Waals surface area (Å²) < 4.78 is 41.5. The predicted molar refractivity (Wildman–Crippen MR) is 39.8 cm³/mol. The van der Waals surface area contributed by atoms with Crippen molar-refractivity contribution in [2.45, 2.75) is 26.1 Å². The van der Waals surface area contributed by atoms with Crippen molar-refractivity contribution in [3.63, 3.8) is 0 Å². The monoisotopic (exact) mass is 199 g/mol. The third kappa shape index (κ3) is 1.93. The van der Waals surface area contributed by atoms with Crippen molar-refractivity contribution in [3.05, 3.63) is 0 Å². The van der Waals surface area contributed by atoms with Crippen molar-refractivity contribution in [2.75, 3.05) is 7.11 Å². The number of alkyl halides is 3. The van der Waals surface area contributed by atoms with Crippen LogP contribution in [0.1, 0.15) is 13.8 Å². The summed E-state index contributed by atoms with van der Waals surface area (Å²) in [7, 11) is 0.978. The molecule has 0 aliphatic rings. The average molecular weight is 199 g/mol. The van der Waals surface area contributed by atoms with E-state index < -0.39 is 23.6 Å². The molecule has 0 aliphatic carbocycles. The summed E-state index contributed by atoms with van der Waals surface area (Å²) in [6, 6.07) is 0.